The van der Waals surface area contributed by atoms with E-state index in [9.17, 15) is 47.9 Å². The molecule has 0 spiro atoms. The Hall–Kier alpha value is -6.01. The lowest BCUT2D eigenvalue weighted by atomic mass is 9.83. The second-order valence-corrected chi connectivity index (χ2v) is 27.4. The smallest absolute Gasteiger partial charge is 0.312 e. The van der Waals surface area contributed by atoms with Crippen LogP contribution in [-0.4, -0.2) is 187 Å². The van der Waals surface area contributed by atoms with Crippen LogP contribution in [0, 0.1) is 47.3 Å². The quantitative estimate of drug-likeness (QED) is 0.0390. The number of likely N-dealkylation sites (N-methyl/N-ethyl adjacent to an activating group) is 2. The van der Waals surface area contributed by atoms with E-state index in [0.29, 0.717) is 43.5 Å². The summed E-state index contributed by atoms with van der Waals surface area (Å²) in [6.07, 6.45) is 7.01. The summed E-state index contributed by atoms with van der Waals surface area (Å²) in [4.78, 5) is 146. The first kappa shape index (κ1) is 73.0. The van der Waals surface area contributed by atoms with Gasteiger partial charge in [0.2, 0.25) is 35.4 Å². The zero-order valence-corrected chi connectivity index (χ0v) is 56.2. The Morgan fingerprint density at radius 2 is 1.61 bits per heavy atom. The maximum Gasteiger partial charge on any atom is 0.312 e. The van der Waals surface area contributed by atoms with Crippen LogP contribution in [0.15, 0.2) is 35.8 Å². The summed E-state index contributed by atoms with van der Waals surface area (Å²) >= 11 is 1.46. The summed E-state index contributed by atoms with van der Waals surface area (Å²) in [6.45, 7) is 16.1. The number of ketones is 3. The van der Waals surface area contributed by atoms with Crippen molar-refractivity contribution in [3.63, 3.8) is 0 Å². The van der Waals surface area contributed by atoms with Gasteiger partial charge < -0.3 is 45.7 Å². The summed E-state index contributed by atoms with van der Waals surface area (Å²) in [7, 11) is 6.99. The molecular formula is C67H103N9O13S. The molecule has 1 unspecified atom stereocenters. The third kappa shape index (κ3) is 19.3. The van der Waals surface area contributed by atoms with Gasteiger partial charge in [-0.25, -0.2) is 9.78 Å². The van der Waals surface area contributed by atoms with Gasteiger partial charge in [0.15, 0.2) is 11.6 Å². The van der Waals surface area contributed by atoms with Crippen LogP contribution < -0.4 is 21.7 Å². The summed E-state index contributed by atoms with van der Waals surface area (Å²) in [5, 5.41) is 10.9. The maximum atomic E-state index is 14.7. The summed E-state index contributed by atoms with van der Waals surface area (Å²) < 4.78 is 17.9. The number of amides is 8. The normalized spacial score (nSPS) is 22.2. The zero-order chi connectivity index (χ0) is 66.1. The number of hydrogen-bond acceptors (Lipinski definition) is 16. The lowest BCUT2D eigenvalue weighted by molar-refractivity contribution is -0.149. The van der Waals surface area contributed by atoms with Crippen LogP contribution >= 0.6 is 11.3 Å². The summed E-state index contributed by atoms with van der Waals surface area (Å²) in [6, 6.07) is 5.09. The van der Waals surface area contributed by atoms with E-state index in [4.69, 9.17) is 19.9 Å². The van der Waals surface area contributed by atoms with Gasteiger partial charge >= 0.3 is 6.03 Å². The van der Waals surface area contributed by atoms with Gasteiger partial charge in [0, 0.05) is 119 Å². The third-order valence-corrected chi connectivity index (χ3v) is 20.6. The van der Waals surface area contributed by atoms with Crippen LogP contribution in [-0.2, 0) is 63.8 Å². The van der Waals surface area contributed by atoms with Crippen LogP contribution in [0.3, 0.4) is 0 Å². The van der Waals surface area contributed by atoms with Gasteiger partial charge in [0.05, 0.1) is 67.6 Å². The predicted octanol–water partition coefficient (Wildman–Crippen LogP) is 6.97. The molecule has 1 aromatic carbocycles. The highest BCUT2D eigenvalue weighted by Gasteiger charge is 2.49. The number of benzene rings is 1. The molecule has 4 fully saturated rings. The average molecular weight is 1270 g/mol. The Bertz CT molecular complexity index is 2760. The van der Waals surface area contributed by atoms with E-state index in [0.717, 1.165) is 47.6 Å². The number of thiazole rings is 1. The number of nitrogens with one attached hydrogen (secondary N) is 3. The summed E-state index contributed by atoms with van der Waals surface area (Å²) in [5.74, 6) is -4.57. The number of rotatable bonds is 38. The molecule has 4 heterocycles. The largest absolute Gasteiger partial charge is 0.379 e. The van der Waals surface area contributed by atoms with Gasteiger partial charge in [-0.2, -0.15) is 0 Å². The van der Waals surface area contributed by atoms with E-state index in [1.165, 1.54) is 11.3 Å². The molecule has 22 nitrogen and oxygen atoms in total. The fourth-order valence-electron chi connectivity index (χ4n) is 14.2. The number of urea groups is 1. The molecule has 2 bridgehead atoms. The number of nitrogens with two attached hydrogens (primary N) is 1. The van der Waals surface area contributed by atoms with Crippen molar-refractivity contribution in [1.82, 2.24) is 35.2 Å². The van der Waals surface area contributed by atoms with Crippen LogP contribution in [0.25, 0.3) is 0 Å². The Morgan fingerprint density at radius 1 is 0.889 bits per heavy atom. The Morgan fingerprint density at radius 3 is 2.20 bits per heavy atom. The number of methoxy groups -OCH3 is 2. The Balaban J connectivity index is 1.06. The molecule has 90 heavy (non-hydrogen) atoms. The van der Waals surface area contributed by atoms with E-state index in [2.05, 4.69) is 39.7 Å². The highest BCUT2D eigenvalue weighted by molar-refractivity contribution is 7.09. The molecule has 8 amide bonds. The van der Waals surface area contributed by atoms with Crippen molar-refractivity contribution >= 4 is 75.8 Å². The number of likely N-dealkylation sites (tertiary alicyclic amines) is 3. The molecule has 5 N–H and O–H groups in total. The number of ether oxygens (including phenoxy) is 3. The van der Waals surface area contributed by atoms with Crippen molar-refractivity contribution in [3.8, 4) is 0 Å². The fraction of sp³-hybridized carbons (Fsp3) is 0.716. The highest BCUT2D eigenvalue weighted by atomic mass is 32.1. The number of piperidine rings is 1. The molecule has 2 aromatic rings. The van der Waals surface area contributed by atoms with Gasteiger partial charge in [-0.1, -0.05) is 73.9 Å². The van der Waals surface area contributed by atoms with Crippen molar-refractivity contribution in [3.05, 3.63) is 46.4 Å². The number of anilines is 1. The van der Waals surface area contributed by atoms with Crippen molar-refractivity contribution in [2.45, 2.75) is 200 Å². The average Bonchev–Trinajstić information content (AvgIpc) is 1.61. The molecule has 4 aliphatic rings. The van der Waals surface area contributed by atoms with Crippen molar-refractivity contribution in [2.24, 2.45) is 53.1 Å². The molecular weight excluding hydrogens is 1170 g/mol. The second kappa shape index (κ2) is 34.6. The van der Waals surface area contributed by atoms with E-state index in [-0.39, 0.29) is 154 Å². The molecule has 1 saturated carbocycles. The number of carbonyl (C=O) groups is 10. The lowest BCUT2D eigenvalue weighted by Crippen LogP contribution is -2.54. The molecule has 1 aliphatic carbocycles. The molecule has 0 radical (unpaired) electrons. The number of hydrogen-bond donors (Lipinski definition) is 4. The number of fused-ring (bicyclic) bond motifs is 2. The van der Waals surface area contributed by atoms with Gasteiger partial charge in [0.25, 0.3) is 0 Å². The molecule has 3 aliphatic heterocycles. The topological polar surface area (TPSA) is 286 Å². The van der Waals surface area contributed by atoms with Gasteiger partial charge in [-0.3, -0.25) is 53.0 Å². The van der Waals surface area contributed by atoms with Crippen LogP contribution in [0.5, 0.6) is 0 Å². The Labute approximate surface area is 536 Å². The van der Waals surface area contributed by atoms with Crippen molar-refractivity contribution < 1.29 is 62.2 Å². The van der Waals surface area contributed by atoms with E-state index >= 15 is 0 Å². The number of carbonyl (C=O) groups excluding carboxylic acids is 10. The maximum absolute atomic E-state index is 14.7. The molecule has 23 heteroatoms. The number of imide groups is 1. The van der Waals surface area contributed by atoms with Crippen LogP contribution in [0.4, 0.5) is 10.5 Å². The number of Topliss-reactive ketones (excluding diaryl/α,β-unsaturated/α-hetero) is 3. The highest BCUT2D eigenvalue weighted by Crippen LogP contribution is 2.43. The first-order valence-corrected chi connectivity index (χ1v) is 33.6. The van der Waals surface area contributed by atoms with Gasteiger partial charge in [0.1, 0.15) is 5.78 Å². The molecule has 14 atom stereocenters. The zero-order valence-electron chi connectivity index (χ0n) is 55.4. The number of primary amides is 1. The lowest BCUT2D eigenvalue weighted by Gasteiger charge is -2.41. The van der Waals surface area contributed by atoms with Crippen molar-refractivity contribution in [1.29, 1.82) is 0 Å². The molecule has 1 aromatic heterocycles. The number of aromatic nitrogens is 1. The predicted molar refractivity (Wildman–Crippen MR) is 343 cm³/mol. The van der Waals surface area contributed by atoms with E-state index < -0.39 is 59.9 Å². The minimum Gasteiger partial charge on any atom is -0.379 e. The fourth-order valence-corrected chi connectivity index (χ4v) is 15.0. The molecule has 3 saturated heterocycles. The SMILES string of the molecule is CC[C@H](C)[C@@H]([C@@H](CC(=O)N1CCC[C@H]1[C@H](OC)[C@@H](C)C(=O)C[C@@H](Cc1ccc(NC(=O)[C@H](CCCNC(N)=O)CC(=O)[C@@H](NC(=O)CCOCCN2C(=O)CC(C)C2=O)C(C)C)cc1)c1nccs1)OC)N(C)C(=O)[C@@H](CC(=O)[C@@H]1[C@H]2CC[C@@H](C2)N1C)C(C)C. The minimum atomic E-state index is -0.909. The van der Waals surface area contributed by atoms with Crippen molar-refractivity contribution in [2.75, 3.05) is 66.5 Å². The summed E-state index contributed by atoms with van der Waals surface area (Å²) in [5.41, 5.74) is 6.65. The standard InChI is InChI=1S/C67H103N9O13S/c1-13-41(6)60(74(10)66(85)50(39(2)3)37-54(79)61-45-20-23-49(34-45)73(61)9)55(87-11)38-58(82)75-27-15-17-51(75)62(88-12)43(8)52(77)36-47(64-69-26-31-90-64)33-44-18-21-48(22-19-44)71-63(83)46(16-14-25-70-67(68)86)35-53(78)59(40(4)5)72-56(80)24-29-89-30-28-76-57(81)32-42(7)65(76)84/h18-19,21-22,26,31,39-43,45-47,49-51,55,59-62H,13-17,20,23-25,27-30,32-38H2,1-12H3,(H,71,83)(H,72,80)(H3,68,70,86)/t41-,42?,43-,45-,46+,47+,49-,50-,51-,55+,59-,60-,61-,62+/m0/s1. The monoisotopic (exact) mass is 1270 g/mol. The molecule has 6 rings (SSSR count). The third-order valence-electron chi connectivity index (χ3n) is 19.7. The molecule has 500 valence electrons. The van der Waals surface area contributed by atoms with Crippen LogP contribution in [0.1, 0.15) is 162 Å². The first-order valence-electron chi connectivity index (χ1n) is 32.8. The second-order valence-electron chi connectivity index (χ2n) is 26.5. The minimum absolute atomic E-state index is 0.00339. The van der Waals surface area contributed by atoms with Gasteiger partial charge in [-0.05, 0) is 99.8 Å². The van der Waals surface area contributed by atoms with Crippen LogP contribution in [0.2, 0.25) is 0 Å². The van der Waals surface area contributed by atoms with E-state index in [1.54, 1.807) is 65.3 Å². The van der Waals surface area contributed by atoms with E-state index in [1.807, 2.05) is 50.2 Å². The first-order chi connectivity index (χ1) is 42.8. The van der Waals surface area contributed by atoms with Gasteiger partial charge in [-0.15, -0.1) is 11.3 Å². The number of nitrogens with zero attached hydrogens (tertiary/aromatic N) is 5. The Kier molecular flexibility index (Phi) is 28.1.